The first-order valence-electron chi connectivity index (χ1n) is 7.26. The molecule has 0 heterocycles. The molecular weight excluding hydrogens is 236 g/mol. The fourth-order valence-corrected chi connectivity index (χ4v) is 2.27. The molecule has 0 aliphatic heterocycles. The Kier molecular flexibility index (Phi) is 6.89. The minimum atomic E-state index is 0.359. The van der Waals surface area contributed by atoms with E-state index in [1.807, 2.05) is 14.0 Å². The normalized spacial score (nSPS) is 13.0. The molecule has 0 fully saturated rings. The maximum Gasteiger partial charge on any atom is 0.119 e. The Morgan fingerprint density at radius 3 is 2.21 bits per heavy atom. The van der Waals surface area contributed by atoms with Crippen LogP contribution in [0.1, 0.15) is 39.3 Å². The van der Waals surface area contributed by atoms with Crippen LogP contribution < -0.4 is 10.1 Å². The highest BCUT2D eigenvalue weighted by atomic mass is 16.5. The summed E-state index contributed by atoms with van der Waals surface area (Å²) in [7, 11) is 2.02. The number of rotatable bonds is 8. The predicted molar refractivity (Wildman–Crippen MR) is 81.8 cm³/mol. The molecule has 0 aliphatic rings. The van der Waals surface area contributed by atoms with E-state index in [0.29, 0.717) is 18.7 Å². The summed E-state index contributed by atoms with van der Waals surface area (Å²) in [6, 6.07) is 9.34. The lowest BCUT2D eigenvalue weighted by atomic mass is 10.1. The van der Waals surface area contributed by atoms with E-state index in [4.69, 9.17) is 4.74 Å². The molecule has 3 heteroatoms. The summed E-state index contributed by atoms with van der Waals surface area (Å²) >= 11 is 0. The van der Waals surface area contributed by atoms with Gasteiger partial charge in [-0.1, -0.05) is 19.1 Å². The van der Waals surface area contributed by atoms with Crippen LogP contribution >= 0.6 is 0 Å². The van der Waals surface area contributed by atoms with Crippen molar-refractivity contribution < 1.29 is 4.74 Å². The van der Waals surface area contributed by atoms with Gasteiger partial charge in [0.1, 0.15) is 5.75 Å². The summed E-state index contributed by atoms with van der Waals surface area (Å²) < 4.78 is 5.48. The molecule has 0 radical (unpaired) electrons. The molecule has 108 valence electrons. The van der Waals surface area contributed by atoms with Crippen molar-refractivity contribution in [1.82, 2.24) is 10.2 Å². The number of nitrogens with one attached hydrogen (secondary N) is 1. The third-order valence-electron chi connectivity index (χ3n) is 3.50. The fourth-order valence-electron chi connectivity index (χ4n) is 2.27. The summed E-state index contributed by atoms with van der Waals surface area (Å²) in [5.41, 5.74) is 1.31. The zero-order valence-corrected chi connectivity index (χ0v) is 12.9. The molecule has 3 nitrogen and oxygen atoms in total. The van der Waals surface area contributed by atoms with Crippen molar-refractivity contribution in [2.75, 3.05) is 26.7 Å². The van der Waals surface area contributed by atoms with Crippen LogP contribution in [0.2, 0.25) is 0 Å². The third kappa shape index (κ3) is 4.84. The summed E-state index contributed by atoms with van der Waals surface area (Å²) in [6.07, 6.45) is 0. The standard InChI is InChI=1S/C16H28N2O/c1-6-18(13(3)4)12-16(17-5)14-8-10-15(11-9-14)19-7-2/h8-11,13,16-17H,6-7,12H2,1-5H3. The van der Waals surface area contributed by atoms with E-state index >= 15 is 0 Å². The summed E-state index contributed by atoms with van der Waals surface area (Å²) in [5.74, 6) is 0.942. The highest BCUT2D eigenvalue weighted by molar-refractivity contribution is 5.29. The lowest BCUT2D eigenvalue weighted by Gasteiger charge is -2.29. The highest BCUT2D eigenvalue weighted by Crippen LogP contribution is 2.19. The first-order valence-corrected chi connectivity index (χ1v) is 7.26. The molecule has 1 atom stereocenters. The second-order valence-electron chi connectivity index (χ2n) is 5.02. The molecule has 0 aliphatic carbocycles. The van der Waals surface area contributed by atoms with Gasteiger partial charge >= 0.3 is 0 Å². The molecule has 0 aromatic heterocycles. The average molecular weight is 264 g/mol. The van der Waals surface area contributed by atoms with Crippen molar-refractivity contribution in [3.63, 3.8) is 0 Å². The van der Waals surface area contributed by atoms with E-state index in [1.165, 1.54) is 5.56 Å². The molecule has 0 spiro atoms. The maximum absolute atomic E-state index is 5.48. The number of hydrogen-bond acceptors (Lipinski definition) is 3. The van der Waals surface area contributed by atoms with Crippen molar-refractivity contribution in [2.45, 2.75) is 39.8 Å². The molecular formula is C16H28N2O. The van der Waals surface area contributed by atoms with E-state index in [9.17, 15) is 0 Å². The number of ether oxygens (including phenoxy) is 1. The molecule has 0 bridgehead atoms. The molecule has 19 heavy (non-hydrogen) atoms. The lowest BCUT2D eigenvalue weighted by molar-refractivity contribution is 0.210. The van der Waals surface area contributed by atoms with Gasteiger partial charge in [-0.3, -0.25) is 4.90 Å². The van der Waals surface area contributed by atoms with Crippen LogP contribution in [0.15, 0.2) is 24.3 Å². The molecule has 1 aromatic rings. The molecule has 1 rings (SSSR count). The van der Waals surface area contributed by atoms with Gasteiger partial charge in [0.2, 0.25) is 0 Å². The van der Waals surface area contributed by atoms with E-state index in [2.05, 4.69) is 55.3 Å². The van der Waals surface area contributed by atoms with Gasteiger partial charge in [0, 0.05) is 18.6 Å². The van der Waals surface area contributed by atoms with Gasteiger partial charge in [-0.2, -0.15) is 0 Å². The molecule has 0 amide bonds. The van der Waals surface area contributed by atoms with Crippen molar-refractivity contribution in [3.8, 4) is 5.75 Å². The first kappa shape index (κ1) is 16.0. The minimum Gasteiger partial charge on any atom is -0.494 e. The van der Waals surface area contributed by atoms with Crippen LogP contribution in [0.3, 0.4) is 0 Å². The molecule has 1 aromatic carbocycles. The lowest BCUT2D eigenvalue weighted by Crippen LogP contribution is -2.38. The van der Waals surface area contributed by atoms with E-state index < -0.39 is 0 Å². The Morgan fingerprint density at radius 2 is 1.79 bits per heavy atom. The second-order valence-corrected chi connectivity index (χ2v) is 5.02. The number of nitrogens with zero attached hydrogens (tertiary/aromatic N) is 1. The number of likely N-dealkylation sites (N-methyl/N-ethyl adjacent to an activating group) is 2. The van der Waals surface area contributed by atoms with Gasteiger partial charge in [-0.15, -0.1) is 0 Å². The second kappa shape index (κ2) is 8.18. The van der Waals surface area contributed by atoms with Crippen molar-refractivity contribution in [3.05, 3.63) is 29.8 Å². The highest BCUT2D eigenvalue weighted by Gasteiger charge is 2.15. The van der Waals surface area contributed by atoms with E-state index in [-0.39, 0.29) is 0 Å². The van der Waals surface area contributed by atoms with E-state index in [1.54, 1.807) is 0 Å². The summed E-state index contributed by atoms with van der Waals surface area (Å²) in [6.45, 7) is 11.5. The third-order valence-corrected chi connectivity index (χ3v) is 3.50. The van der Waals surface area contributed by atoms with Crippen LogP contribution in [0.25, 0.3) is 0 Å². The zero-order valence-electron chi connectivity index (χ0n) is 12.9. The van der Waals surface area contributed by atoms with Gasteiger partial charge in [0.05, 0.1) is 6.61 Å². The Labute approximate surface area is 118 Å². The Hall–Kier alpha value is -1.06. The quantitative estimate of drug-likeness (QED) is 0.781. The fraction of sp³-hybridized carbons (Fsp3) is 0.625. The van der Waals surface area contributed by atoms with E-state index in [0.717, 1.165) is 18.8 Å². The topological polar surface area (TPSA) is 24.5 Å². The van der Waals surface area contributed by atoms with Gasteiger partial charge in [0.25, 0.3) is 0 Å². The van der Waals surface area contributed by atoms with Gasteiger partial charge in [-0.25, -0.2) is 0 Å². The van der Waals surface area contributed by atoms with Crippen LogP contribution in [-0.4, -0.2) is 37.7 Å². The number of benzene rings is 1. The van der Waals surface area contributed by atoms with Crippen LogP contribution in [0.5, 0.6) is 5.75 Å². The Balaban J connectivity index is 2.73. The van der Waals surface area contributed by atoms with Gasteiger partial charge in [0.15, 0.2) is 0 Å². The molecule has 1 unspecified atom stereocenters. The van der Waals surface area contributed by atoms with Crippen LogP contribution in [0.4, 0.5) is 0 Å². The van der Waals surface area contributed by atoms with Crippen molar-refractivity contribution >= 4 is 0 Å². The monoisotopic (exact) mass is 264 g/mol. The Morgan fingerprint density at radius 1 is 1.16 bits per heavy atom. The SMILES string of the molecule is CCOc1ccc(C(CN(CC)C(C)C)NC)cc1. The van der Waals surface area contributed by atoms with Crippen LogP contribution in [0, 0.1) is 0 Å². The first-order chi connectivity index (χ1) is 9.12. The number of hydrogen-bond donors (Lipinski definition) is 1. The van der Waals surface area contributed by atoms with Gasteiger partial charge in [-0.05, 0) is 52.1 Å². The minimum absolute atomic E-state index is 0.359. The smallest absolute Gasteiger partial charge is 0.119 e. The van der Waals surface area contributed by atoms with Crippen molar-refractivity contribution in [2.24, 2.45) is 0 Å². The summed E-state index contributed by atoms with van der Waals surface area (Å²) in [5, 5.41) is 3.41. The van der Waals surface area contributed by atoms with Gasteiger partial charge < -0.3 is 10.1 Å². The Bertz CT molecular complexity index is 348. The predicted octanol–water partition coefficient (Wildman–Crippen LogP) is 3.08. The molecule has 1 N–H and O–H groups in total. The molecule has 0 saturated heterocycles. The largest absolute Gasteiger partial charge is 0.494 e. The molecule has 0 saturated carbocycles. The average Bonchev–Trinajstić information content (AvgIpc) is 2.41. The summed E-state index contributed by atoms with van der Waals surface area (Å²) in [4.78, 5) is 2.47. The van der Waals surface area contributed by atoms with Crippen molar-refractivity contribution in [1.29, 1.82) is 0 Å². The maximum atomic E-state index is 5.48. The zero-order chi connectivity index (χ0) is 14.3. The van der Waals surface area contributed by atoms with Crippen LogP contribution in [-0.2, 0) is 0 Å².